The van der Waals surface area contributed by atoms with Crippen molar-refractivity contribution in [2.75, 3.05) is 0 Å². The van der Waals surface area contributed by atoms with Gasteiger partial charge in [-0.2, -0.15) is 0 Å². The highest BCUT2D eigenvalue weighted by atomic mass is 19.1. The molecule has 0 aromatic heterocycles. The first-order valence-corrected chi connectivity index (χ1v) is 6.37. The minimum Gasteiger partial charge on any atom is -0.423 e. The van der Waals surface area contributed by atoms with Crippen molar-refractivity contribution in [2.45, 2.75) is 19.8 Å². The van der Waals surface area contributed by atoms with E-state index in [1.807, 2.05) is 24.3 Å². The van der Waals surface area contributed by atoms with Gasteiger partial charge in [0.25, 0.3) is 0 Å². The van der Waals surface area contributed by atoms with Crippen molar-refractivity contribution in [2.24, 2.45) is 0 Å². The fraction of sp³-hybridized carbons (Fsp3) is 0.200. The van der Waals surface area contributed by atoms with Crippen molar-refractivity contribution < 1.29 is 14.4 Å². The molecule has 2 aromatic carbocycles. The molecule has 0 fully saturated rings. The van der Waals surface area contributed by atoms with Crippen LogP contribution in [0.2, 0.25) is 0 Å². The standard InChI is InChI=1S/C15H16BFO2/c1-2-4-11-7-9-12(10-8-11)13-5-3-6-14(17)15(13)16(18)19/h3,5-10,18-19H,2,4H2,1H3. The third-order valence-corrected chi connectivity index (χ3v) is 3.11. The third kappa shape index (κ3) is 3.03. The van der Waals surface area contributed by atoms with Gasteiger partial charge in [0.15, 0.2) is 0 Å². The Morgan fingerprint density at radius 1 is 1.05 bits per heavy atom. The fourth-order valence-electron chi connectivity index (χ4n) is 2.19. The second-order valence-electron chi connectivity index (χ2n) is 4.52. The Bertz CT molecular complexity index is 553. The van der Waals surface area contributed by atoms with Gasteiger partial charge in [-0.25, -0.2) is 4.39 Å². The van der Waals surface area contributed by atoms with E-state index in [0.29, 0.717) is 5.56 Å². The maximum absolute atomic E-state index is 13.7. The molecule has 0 spiro atoms. The summed E-state index contributed by atoms with van der Waals surface area (Å²) in [5.41, 5.74) is 2.43. The van der Waals surface area contributed by atoms with E-state index >= 15 is 0 Å². The van der Waals surface area contributed by atoms with E-state index in [1.165, 1.54) is 11.6 Å². The lowest BCUT2D eigenvalue weighted by atomic mass is 9.75. The Morgan fingerprint density at radius 2 is 1.74 bits per heavy atom. The maximum Gasteiger partial charge on any atom is 0.492 e. The molecular weight excluding hydrogens is 242 g/mol. The summed E-state index contributed by atoms with van der Waals surface area (Å²) in [6.45, 7) is 2.11. The lowest BCUT2D eigenvalue weighted by Gasteiger charge is -2.10. The summed E-state index contributed by atoms with van der Waals surface area (Å²) in [4.78, 5) is 0. The number of hydrogen-bond acceptors (Lipinski definition) is 2. The Kier molecular flexibility index (Phi) is 4.35. The molecule has 0 atom stereocenters. The van der Waals surface area contributed by atoms with Crippen molar-refractivity contribution in [1.82, 2.24) is 0 Å². The van der Waals surface area contributed by atoms with Gasteiger partial charge >= 0.3 is 7.12 Å². The molecule has 2 aromatic rings. The zero-order valence-electron chi connectivity index (χ0n) is 10.8. The van der Waals surface area contributed by atoms with E-state index < -0.39 is 12.9 Å². The van der Waals surface area contributed by atoms with E-state index in [4.69, 9.17) is 0 Å². The monoisotopic (exact) mass is 258 g/mol. The molecule has 0 aliphatic carbocycles. The average Bonchev–Trinajstić information content (AvgIpc) is 2.39. The average molecular weight is 258 g/mol. The van der Waals surface area contributed by atoms with Gasteiger partial charge in [-0.3, -0.25) is 0 Å². The highest BCUT2D eigenvalue weighted by molar-refractivity contribution is 6.60. The van der Waals surface area contributed by atoms with Crippen LogP contribution in [0.1, 0.15) is 18.9 Å². The molecule has 0 unspecified atom stereocenters. The van der Waals surface area contributed by atoms with Crippen LogP contribution >= 0.6 is 0 Å². The largest absolute Gasteiger partial charge is 0.492 e. The van der Waals surface area contributed by atoms with Gasteiger partial charge in [-0.15, -0.1) is 0 Å². The predicted octanol–water partition coefficient (Wildman–Crippen LogP) is 2.13. The molecule has 0 aliphatic rings. The zero-order valence-corrected chi connectivity index (χ0v) is 10.8. The van der Waals surface area contributed by atoms with E-state index in [1.54, 1.807) is 12.1 Å². The van der Waals surface area contributed by atoms with Gasteiger partial charge in [0, 0.05) is 5.46 Å². The van der Waals surface area contributed by atoms with Crippen LogP contribution in [0, 0.1) is 5.82 Å². The van der Waals surface area contributed by atoms with Crippen molar-refractivity contribution in [3.05, 3.63) is 53.8 Å². The summed E-state index contributed by atoms with van der Waals surface area (Å²) < 4.78 is 13.7. The van der Waals surface area contributed by atoms with Crippen LogP contribution < -0.4 is 5.46 Å². The molecule has 0 radical (unpaired) electrons. The fourth-order valence-corrected chi connectivity index (χ4v) is 2.19. The minimum absolute atomic E-state index is 0.0780. The van der Waals surface area contributed by atoms with Crippen LogP contribution in [0.5, 0.6) is 0 Å². The number of rotatable bonds is 4. The Hall–Kier alpha value is -1.65. The SMILES string of the molecule is CCCc1ccc(-c2cccc(F)c2B(O)O)cc1. The molecular formula is C15H16BFO2. The van der Waals surface area contributed by atoms with Gasteiger partial charge in [0.1, 0.15) is 5.82 Å². The van der Waals surface area contributed by atoms with Crippen molar-refractivity contribution >= 4 is 12.6 Å². The predicted molar refractivity (Wildman–Crippen MR) is 75.7 cm³/mol. The summed E-state index contributed by atoms with van der Waals surface area (Å²) in [5, 5.41) is 18.6. The van der Waals surface area contributed by atoms with Crippen molar-refractivity contribution in [3.8, 4) is 11.1 Å². The number of hydrogen-bond donors (Lipinski definition) is 2. The summed E-state index contributed by atoms with van der Waals surface area (Å²) >= 11 is 0. The van der Waals surface area contributed by atoms with Crippen LogP contribution in [0.3, 0.4) is 0 Å². The topological polar surface area (TPSA) is 40.5 Å². The minimum atomic E-state index is -1.81. The van der Waals surface area contributed by atoms with Gasteiger partial charge in [0.05, 0.1) is 0 Å². The summed E-state index contributed by atoms with van der Waals surface area (Å²) in [6, 6.07) is 12.2. The second kappa shape index (κ2) is 6.00. The molecule has 2 rings (SSSR count). The number of halogens is 1. The molecule has 0 saturated carbocycles. The molecule has 4 heteroatoms. The van der Waals surface area contributed by atoms with Crippen LogP contribution in [0.25, 0.3) is 11.1 Å². The lowest BCUT2D eigenvalue weighted by Crippen LogP contribution is -2.34. The quantitative estimate of drug-likeness (QED) is 0.825. The van der Waals surface area contributed by atoms with Crippen LogP contribution in [-0.2, 0) is 6.42 Å². The Labute approximate surface area is 112 Å². The smallest absolute Gasteiger partial charge is 0.423 e. The van der Waals surface area contributed by atoms with E-state index in [9.17, 15) is 14.4 Å². The molecule has 0 saturated heterocycles. The molecule has 2 N–H and O–H groups in total. The van der Waals surface area contributed by atoms with Crippen molar-refractivity contribution in [1.29, 1.82) is 0 Å². The van der Waals surface area contributed by atoms with Crippen LogP contribution in [0.4, 0.5) is 4.39 Å². The molecule has 0 amide bonds. The zero-order chi connectivity index (χ0) is 13.8. The van der Waals surface area contributed by atoms with E-state index in [0.717, 1.165) is 18.4 Å². The molecule has 98 valence electrons. The van der Waals surface area contributed by atoms with Gasteiger partial charge in [-0.05, 0) is 29.2 Å². The Balaban J connectivity index is 2.44. The molecule has 0 bridgehead atoms. The molecule has 0 aliphatic heterocycles. The second-order valence-corrected chi connectivity index (χ2v) is 4.52. The number of benzene rings is 2. The molecule has 2 nitrogen and oxygen atoms in total. The summed E-state index contributed by atoms with van der Waals surface area (Å²) in [6.07, 6.45) is 2.07. The van der Waals surface area contributed by atoms with Crippen LogP contribution in [-0.4, -0.2) is 17.2 Å². The van der Waals surface area contributed by atoms with Crippen LogP contribution in [0.15, 0.2) is 42.5 Å². The Morgan fingerprint density at radius 3 is 2.32 bits per heavy atom. The maximum atomic E-state index is 13.7. The first-order valence-electron chi connectivity index (χ1n) is 6.37. The number of aryl methyl sites for hydroxylation is 1. The first kappa shape index (κ1) is 13.8. The van der Waals surface area contributed by atoms with Gasteiger partial charge in [-0.1, -0.05) is 49.7 Å². The normalized spacial score (nSPS) is 10.5. The van der Waals surface area contributed by atoms with Gasteiger partial charge in [0.2, 0.25) is 0 Å². The first-order chi connectivity index (χ1) is 9.13. The van der Waals surface area contributed by atoms with E-state index in [2.05, 4.69) is 6.92 Å². The highest BCUT2D eigenvalue weighted by Gasteiger charge is 2.21. The summed E-state index contributed by atoms with van der Waals surface area (Å²) in [5.74, 6) is -0.606. The van der Waals surface area contributed by atoms with E-state index in [-0.39, 0.29) is 5.46 Å². The lowest BCUT2D eigenvalue weighted by molar-refractivity contribution is 0.423. The van der Waals surface area contributed by atoms with Gasteiger partial charge < -0.3 is 10.0 Å². The highest BCUT2D eigenvalue weighted by Crippen LogP contribution is 2.20. The van der Waals surface area contributed by atoms with Crippen molar-refractivity contribution in [3.63, 3.8) is 0 Å². The summed E-state index contributed by atoms with van der Waals surface area (Å²) in [7, 11) is -1.81. The third-order valence-electron chi connectivity index (χ3n) is 3.11. The molecule has 19 heavy (non-hydrogen) atoms. The molecule has 0 heterocycles.